The Balaban J connectivity index is 1.70. The van der Waals surface area contributed by atoms with Gasteiger partial charge in [-0.1, -0.05) is 0 Å². The Bertz CT molecular complexity index is 648. The molecule has 1 amide bonds. The van der Waals surface area contributed by atoms with E-state index in [0.717, 1.165) is 43.1 Å². The Morgan fingerprint density at radius 1 is 1.48 bits per heavy atom. The molecule has 1 aromatic heterocycles. The molecule has 3 heterocycles. The first kappa shape index (κ1) is 18.0. The molecule has 2 aliphatic rings. The molecule has 0 aliphatic carbocycles. The Labute approximate surface area is 154 Å². The number of carbonyl (C=O) groups is 1. The predicted molar refractivity (Wildman–Crippen MR) is 104 cm³/mol. The molecule has 25 heavy (non-hydrogen) atoms. The summed E-state index contributed by atoms with van der Waals surface area (Å²) in [6, 6.07) is 2.08. The van der Waals surface area contributed by atoms with Crippen molar-refractivity contribution in [3.8, 4) is 0 Å². The van der Waals surface area contributed by atoms with Crippen LogP contribution >= 0.6 is 12.6 Å². The summed E-state index contributed by atoms with van der Waals surface area (Å²) in [6.07, 6.45) is 3.43. The number of nitrogens with zero attached hydrogens (tertiary/aromatic N) is 3. The van der Waals surface area contributed by atoms with E-state index >= 15 is 0 Å². The van der Waals surface area contributed by atoms with Crippen LogP contribution in [0.15, 0.2) is 12.3 Å². The van der Waals surface area contributed by atoms with Gasteiger partial charge in [0.2, 0.25) is 0 Å². The maximum atomic E-state index is 12.1. The molecule has 3 rings (SSSR count). The van der Waals surface area contributed by atoms with Crippen molar-refractivity contribution in [3.05, 3.63) is 12.3 Å². The van der Waals surface area contributed by atoms with Gasteiger partial charge in [0.25, 0.3) is 0 Å². The standard InChI is InChI=1S/C17H27N5O2S/c1-17(2,3)24-16(23)19-11-6-5-9-22(10-11)12-7-8-18-14-13(12)20-15(25)21(14)4/h7-8,11,15,20,25H,5-6,9-10H2,1-4H3,(H,19,23). The molecular weight excluding hydrogens is 338 g/mol. The highest BCUT2D eigenvalue weighted by Gasteiger charge is 2.31. The number of ether oxygens (including phenoxy) is 1. The third-order valence-electron chi connectivity index (χ3n) is 4.37. The van der Waals surface area contributed by atoms with Crippen LogP contribution in [0.2, 0.25) is 0 Å². The molecule has 1 aromatic rings. The molecule has 0 aromatic carbocycles. The third kappa shape index (κ3) is 4.05. The van der Waals surface area contributed by atoms with E-state index in [1.54, 1.807) is 0 Å². The van der Waals surface area contributed by atoms with Gasteiger partial charge in [-0.15, -0.1) is 12.6 Å². The van der Waals surface area contributed by atoms with Crippen LogP contribution < -0.4 is 20.4 Å². The molecule has 0 saturated carbocycles. The van der Waals surface area contributed by atoms with E-state index in [2.05, 4.69) is 33.1 Å². The normalized spacial score (nSPS) is 23.1. The minimum atomic E-state index is -0.486. The number of alkyl carbamates (subject to hydrolysis) is 1. The van der Waals surface area contributed by atoms with Crippen LogP contribution in [0.25, 0.3) is 0 Å². The summed E-state index contributed by atoms with van der Waals surface area (Å²) in [5.74, 6) is 0.903. The zero-order valence-corrected chi connectivity index (χ0v) is 16.1. The van der Waals surface area contributed by atoms with Crippen molar-refractivity contribution in [2.45, 2.75) is 50.8 Å². The molecule has 138 valence electrons. The first-order chi connectivity index (χ1) is 11.7. The van der Waals surface area contributed by atoms with E-state index in [-0.39, 0.29) is 17.6 Å². The van der Waals surface area contributed by atoms with Crippen molar-refractivity contribution in [3.63, 3.8) is 0 Å². The van der Waals surface area contributed by atoms with Crippen molar-refractivity contribution < 1.29 is 9.53 Å². The molecule has 2 unspecified atom stereocenters. The molecule has 1 saturated heterocycles. The minimum absolute atomic E-state index is 0.0679. The monoisotopic (exact) mass is 365 g/mol. The van der Waals surface area contributed by atoms with Gasteiger partial charge in [-0.2, -0.15) is 0 Å². The zero-order chi connectivity index (χ0) is 18.2. The van der Waals surface area contributed by atoms with Gasteiger partial charge >= 0.3 is 6.09 Å². The van der Waals surface area contributed by atoms with E-state index in [1.165, 1.54) is 0 Å². The molecule has 2 aliphatic heterocycles. The lowest BCUT2D eigenvalue weighted by atomic mass is 10.0. The maximum absolute atomic E-state index is 12.1. The molecule has 0 spiro atoms. The summed E-state index contributed by atoms with van der Waals surface area (Å²) in [4.78, 5) is 20.8. The van der Waals surface area contributed by atoms with E-state index in [0.29, 0.717) is 0 Å². The lowest BCUT2D eigenvalue weighted by Crippen LogP contribution is -2.49. The summed E-state index contributed by atoms with van der Waals surface area (Å²) in [6.45, 7) is 7.31. The number of thiol groups is 1. The second-order valence-electron chi connectivity index (χ2n) is 7.59. The zero-order valence-electron chi connectivity index (χ0n) is 15.2. The van der Waals surface area contributed by atoms with Crippen molar-refractivity contribution in [1.29, 1.82) is 0 Å². The molecule has 2 N–H and O–H groups in total. The quantitative estimate of drug-likeness (QED) is 0.700. The van der Waals surface area contributed by atoms with Gasteiger partial charge in [0, 0.05) is 32.4 Å². The Kier molecular flexibility index (Phi) is 4.90. The highest BCUT2D eigenvalue weighted by molar-refractivity contribution is 7.81. The van der Waals surface area contributed by atoms with Crippen LogP contribution in [0.5, 0.6) is 0 Å². The predicted octanol–water partition coefficient (Wildman–Crippen LogP) is 2.65. The lowest BCUT2D eigenvalue weighted by molar-refractivity contribution is 0.0500. The maximum Gasteiger partial charge on any atom is 0.407 e. The molecule has 1 fully saturated rings. The Morgan fingerprint density at radius 2 is 2.24 bits per heavy atom. The second-order valence-corrected chi connectivity index (χ2v) is 8.08. The molecule has 7 nitrogen and oxygen atoms in total. The van der Waals surface area contributed by atoms with E-state index in [9.17, 15) is 4.79 Å². The Morgan fingerprint density at radius 3 is 2.96 bits per heavy atom. The number of pyridine rings is 1. The number of piperidine rings is 1. The van der Waals surface area contributed by atoms with Crippen LogP contribution in [-0.2, 0) is 4.74 Å². The van der Waals surface area contributed by atoms with Crippen LogP contribution in [0.4, 0.5) is 22.0 Å². The smallest absolute Gasteiger partial charge is 0.407 e. The van der Waals surface area contributed by atoms with Crippen LogP contribution in [0.1, 0.15) is 33.6 Å². The minimum Gasteiger partial charge on any atom is -0.444 e. The van der Waals surface area contributed by atoms with Crippen molar-refractivity contribution >= 4 is 35.9 Å². The average molecular weight is 366 g/mol. The molecule has 2 atom stereocenters. The number of rotatable bonds is 2. The molecule has 0 bridgehead atoms. The first-order valence-electron chi connectivity index (χ1n) is 8.65. The summed E-state index contributed by atoms with van der Waals surface area (Å²) in [5.41, 5.74) is 1.54. The topological polar surface area (TPSA) is 69.7 Å². The van der Waals surface area contributed by atoms with Gasteiger partial charge in [0.15, 0.2) is 5.82 Å². The number of aromatic nitrogens is 1. The summed E-state index contributed by atoms with van der Waals surface area (Å²) < 4.78 is 5.38. The SMILES string of the molecule is CN1c2nccc(N3CCCC(NC(=O)OC(C)(C)C)C3)c2NC1S. The fourth-order valence-electron chi connectivity index (χ4n) is 3.24. The summed E-state index contributed by atoms with van der Waals surface area (Å²) in [5, 5.41) is 6.37. The highest BCUT2D eigenvalue weighted by Crippen LogP contribution is 2.40. The number of anilines is 3. The number of hydrogen-bond donors (Lipinski definition) is 3. The van der Waals surface area contributed by atoms with Gasteiger partial charge in [-0.05, 0) is 39.7 Å². The van der Waals surface area contributed by atoms with E-state index in [4.69, 9.17) is 4.74 Å². The first-order valence-corrected chi connectivity index (χ1v) is 9.17. The molecule has 0 radical (unpaired) electrons. The Hall–Kier alpha value is -1.83. The molecule has 8 heteroatoms. The third-order valence-corrected chi connectivity index (χ3v) is 4.84. The number of hydrogen-bond acceptors (Lipinski definition) is 7. The van der Waals surface area contributed by atoms with Gasteiger partial charge in [0.05, 0.1) is 5.69 Å². The number of carbonyl (C=O) groups excluding carboxylic acids is 1. The summed E-state index contributed by atoms with van der Waals surface area (Å²) in [7, 11) is 1.97. The molecular formula is C17H27N5O2S. The second kappa shape index (κ2) is 6.82. The van der Waals surface area contributed by atoms with Crippen LogP contribution in [0.3, 0.4) is 0 Å². The largest absolute Gasteiger partial charge is 0.444 e. The van der Waals surface area contributed by atoms with Crippen LogP contribution in [-0.4, -0.2) is 48.4 Å². The van der Waals surface area contributed by atoms with Crippen molar-refractivity contribution in [1.82, 2.24) is 10.3 Å². The van der Waals surface area contributed by atoms with E-state index in [1.807, 2.05) is 45.0 Å². The van der Waals surface area contributed by atoms with E-state index < -0.39 is 5.60 Å². The van der Waals surface area contributed by atoms with Crippen molar-refractivity contribution in [2.75, 3.05) is 35.3 Å². The fraction of sp³-hybridized carbons (Fsp3) is 0.647. The highest BCUT2D eigenvalue weighted by atomic mass is 32.1. The van der Waals surface area contributed by atoms with Crippen LogP contribution in [0, 0.1) is 0 Å². The fourth-order valence-corrected chi connectivity index (χ4v) is 3.48. The average Bonchev–Trinajstić information content (AvgIpc) is 2.81. The number of fused-ring (bicyclic) bond motifs is 1. The van der Waals surface area contributed by atoms with Gasteiger partial charge < -0.3 is 25.2 Å². The number of amides is 1. The van der Waals surface area contributed by atoms with Gasteiger partial charge in [-0.3, -0.25) is 0 Å². The summed E-state index contributed by atoms with van der Waals surface area (Å²) >= 11 is 4.53. The van der Waals surface area contributed by atoms with Gasteiger partial charge in [0.1, 0.15) is 16.8 Å². The van der Waals surface area contributed by atoms with Gasteiger partial charge in [-0.25, -0.2) is 9.78 Å². The van der Waals surface area contributed by atoms with Crippen molar-refractivity contribution in [2.24, 2.45) is 0 Å². The number of nitrogens with one attached hydrogen (secondary N) is 2. The lowest BCUT2D eigenvalue weighted by Gasteiger charge is -2.35.